The van der Waals surface area contributed by atoms with Gasteiger partial charge in [0.05, 0.1) is 12.1 Å². The Hall–Kier alpha value is -1.55. The van der Waals surface area contributed by atoms with Crippen molar-refractivity contribution in [2.24, 2.45) is 0 Å². The number of carbonyl (C=O) groups is 1. The van der Waals surface area contributed by atoms with Crippen molar-refractivity contribution < 1.29 is 4.79 Å². The summed E-state index contributed by atoms with van der Waals surface area (Å²) in [5, 5.41) is 16.1. The van der Waals surface area contributed by atoms with Crippen molar-refractivity contribution in [1.82, 2.24) is 4.90 Å². The zero-order chi connectivity index (χ0) is 11.4. The maximum Gasteiger partial charge on any atom is 0.218 e. The minimum absolute atomic E-state index is 0.0926. The highest BCUT2D eigenvalue weighted by Gasteiger charge is 1.87. The number of hydrogen-bond donors (Lipinski definition) is 0. The van der Waals surface area contributed by atoms with Crippen LogP contribution in [0.2, 0.25) is 0 Å². The third-order valence-electron chi connectivity index (χ3n) is 1.46. The van der Waals surface area contributed by atoms with Gasteiger partial charge in [-0.15, -0.1) is 0 Å². The van der Waals surface area contributed by atoms with Gasteiger partial charge in [0.15, 0.2) is 0 Å². The summed E-state index contributed by atoms with van der Waals surface area (Å²) in [4.78, 5) is 11.6. The lowest BCUT2D eigenvalue weighted by Gasteiger charge is -2.02. The predicted molar refractivity (Wildman–Crippen MR) is 54.1 cm³/mol. The van der Waals surface area contributed by atoms with E-state index in [1.165, 1.54) is 11.8 Å². The molecule has 0 bridgehead atoms. The molecule has 0 aliphatic heterocycles. The summed E-state index contributed by atoms with van der Waals surface area (Å²) in [6, 6.07) is 4.03. The van der Waals surface area contributed by atoms with E-state index < -0.39 is 0 Å². The highest BCUT2D eigenvalue weighted by molar-refractivity contribution is 5.72. The minimum Gasteiger partial charge on any atom is -0.349 e. The lowest BCUT2D eigenvalue weighted by Crippen LogP contribution is -2.17. The summed E-state index contributed by atoms with van der Waals surface area (Å²) in [6.07, 6.45) is 2.90. The van der Waals surface area contributed by atoms with Gasteiger partial charge in [0, 0.05) is 33.9 Å². The van der Waals surface area contributed by atoms with E-state index in [0.29, 0.717) is 12.8 Å². The van der Waals surface area contributed by atoms with Gasteiger partial charge in [0.2, 0.25) is 5.91 Å². The normalized spacial score (nSPS) is 7.50. The van der Waals surface area contributed by atoms with Crippen LogP contribution in [0, 0.1) is 22.7 Å². The van der Waals surface area contributed by atoms with Gasteiger partial charge in [-0.05, 0) is 12.8 Å². The molecule has 0 N–H and O–H groups in total. The number of unbranched alkanes of at least 4 members (excludes halogenated alkanes) is 3. The molecule has 0 radical (unpaired) electrons. The first-order chi connectivity index (χ1) is 6.56. The summed E-state index contributed by atoms with van der Waals surface area (Å²) >= 11 is 0. The van der Waals surface area contributed by atoms with E-state index in [1.54, 1.807) is 14.1 Å². The molecule has 0 aliphatic rings. The maximum atomic E-state index is 10.1. The topological polar surface area (TPSA) is 67.9 Å². The molecule has 0 aromatic rings. The molecule has 0 saturated carbocycles. The second-order valence-corrected chi connectivity index (χ2v) is 2.94. The lowest BCUT2D eigenvalue weighted by molar-refractivity contribution is -0.126. The molecule has 0 unspecified atom stereocenters. The second-order valence-electron chi connectivity index (χ2n) is 2.94. The van der Waals surface area contributed by atoms with Gasteiger partial charge in [-0.1, -0.05) is 0 Å². The largest absolute Gasteiger partial charge is 0.349 e. The Morgan fingerprint density at radius 2 is 1.43 bits per heavy atom. The quantitative estimate of drug-likeness (QED) is 0.643. The maximum absolute atomic E-state index is 10.1. The number of hydrogen-bond acceptors (Lipinski definition) is 3. The second kappa shape index (κ2) is 11.4. The van der Waals surface area contributed by atoms with Crippen molar-refractivity contribution in [3.63, 3.8) is 0 Å². The van der Waals surface area contributed by atoms with Gasteiger partial charge in [0.25, 0.3) is 0 Å². The number of carbonyl (C=O) groups excluding carboxylic acids is 1. The number of amides is 1. The fraction of sp³-hybridized carbons (Fsp3) is 0.700. The molecule has 4 nitrogen and oxygen atoms in total. The van der Waals surface area contributed by atoms with Gasteiger partial charge >= 0.3 is 0 Å². The summed E-state index contributed by atoms with van der Waals surface area (Å²) in [5.41, 5.74) is 0. The fourth-order valence-electron chi connectivity index (χ4n) is 0.408. The first kappa shape index (κ1) is 14.9. The third-order valence-corrected chi connectivity index (χ3v) is 1.46. The van der Waals surface area contributed by atoms with Crippen molar-refractivity contribution in [3.05, 3.63) is 0 Å². The average molecular weight is 195 g/mol. The van der Waals surface area contributed by atoms with Crippen molar-refractivity contribution in [1.29, 1.82) is 10.5 Å². The van der Waals surface area contributed by atoms with E-state index in [1.807, 2.05) is 12.1 Å². The SMILES string of the molecule is CC(=O)N(C)C.N#CCCCCC#N. The molecule has 0 spiro atoms. The van der Waals surface area contributed by atoms with Crippen LogP contribution in [0.4, 0.5) is 0 Å². The highest BCUT2D eigenvalue weighted by atomic mass is 16.2. The van der Waals surface area contributed by atoms with Crippen LogP contribution >= 0.6 is 0 Å². The van der Waals surface area contributed by atoms with Crippen LogP contribution in [0.1, 0.15) is 32.6 Å². The lowest BCUT2D eigenvalue weighted by atomic mass is 10.2. The Balaban J connectivity index is 0. The van der Waals surface area contributed by atoms with Crippen LogP contribution in [0.15, 0.2) is 0 Å². The van der Waals surface area contributed by atoms with Crippen LogP contribution in [0.3, 0.4) is 0 Å². The average Bonchev–Trinajstić information content (AvgIpc) is 2.13. The first-order valence-electron chi connectivity index (χ1n) is 4.48. The van der Waals surface area contributed by atoms with Crippen LogP contribution in [0.25, 0.3) is 0 Å². The Morgan fingerprint density at radius 1 is 1.14 bits per heavy atom. The van der Waals surface area contributed by atoms with E-state index >= 15 is 0 Å². The van der Waals surface area contributed by atoms with E-state index in [4.69, 9.17) is 10.5 Å². The number of rotatable bonds is 3. The Labute approximate surface area is 85.7 Å². The van der Waals surface area contributed by atoms with Crippen molar-refractivity contribution >= 4 is 5.91 Å². The van der Waals surface area contributed by atoms with Crippen LogP contribution in [-0.4, -0.2) is 24.9 Å². The molecular weight excluding hydrogens is 178 g/mol. The molecule has 0 rings (SSSR count). The fourth-order valence-corrected chi connectivity index (χ4v) is 0.408. The molecule has 0 aliphatic carbocycles. The van der Waals surface area contributed by atoms with Gasteiger partial charge in [-0.3, -0.25) is 4.79 Å². The summed E-state index contributed by atoms with van der Waals surface area (Å²) in [7, 11) is 3.45. The van der Waals surface area contributed by atoms with E-state index in [2.05, 4.69) is 0 Å². The van der Waals surface area contributed by atoms with E-state index in [9.17, 15) is 4.79 Å². The minimum atomic E-state index is 0.0926. The van der Waals surface area contributed by atoms with Gasteiger partial charge in [-0.2, -0.15) is 10.5 Å². The summed E-state index contributed by atoms with van der Waals surface area (Å²) in [5.74, 6) is 0.0926. The molecule has 0 aromatic heterocycles. The summed E-state index contributed by atoms with van der Waals surface area (Å²) in [6.45, 7) is 1.53. The molecule has 78 valence electrons. The van der Waals surface area contributed by atoms with Crippen molar-refractivity contribution in [2.45, 2.75) is 32.6 Å². The molecule has 0 fully saturated rings. The first-order valence-corrected chi connectivity index (χ1v) is 4.48. The van der Waals surface area contributed by atoms with Crippen molar-refractivity contribution in [3.8, 4) is 12.1 Å². The van der Waals surface area contributed by atoms with E-state index in [0.717, 1.165) is 12.8 Å². The molecule has 14 heavy (non-hydrogen) atoms. The Morgan fingerprint density at radius 3 is 1.57 bits per heavy atom. The van der Waals surface area contributed by atoms with Crippen molar-refractivity contribution in [2.75, 3.05) is 14.1 Å². The molecule has 0 aromatic carbocycles. The predicted octanol–water partition coefficient (Wildman–Crippen LogP) is 1.69. The van der Waals surface area contributed by atoms with Gasteiger partial charge < -0.3 is 4.90 Å². The molecule has 0 heterocycles. The van der Waals surface area contributed by atoms with Gasteiger partial charge in [0.1, 0.15) is 0 Å². The molecule has 1 amide bonds. The van der Waals surface area contributed by atoms with E-state index in [-0.39, 0.29) is 5.91 Å². The smallest absolute Gasteiger partial charge is 0.218 e. The standard InChI is InChI=1S/C6H8N2.C4H9NO/c7-5-3-1-2-4-6-8;1-4(6)5(2)3/h1-4H2;1-3H3. The molecule has 0 saturated heterocycles. The van der Waals surface area contributed by atoms with Crippen LogP contribution < -0.4 is 0 Å². The van der Waals surface area contributed by atoms with Crippen LogP contribution in [0.5, 0.6) is 0 Å². The number of nitriles is 2. The number of nitrogens with zero attached hydrogens (tertiary/aromatic N) is 3. The highest BCUT2D eigenvalue weighted by Crippen LogP contribution is 1.95. The van der Waals surface area contributed by atoms with Gasteiger partial charge in [-0.25, -0.2) is 0 Å². The molecule has 0 atom stereocenters. The Bertz CT molecular complexity index is 207. The Kier molecular flexibility index (Phi) is 12.2. The summed E-state index contributed by atoms with van der Waals surface area (Å²) < 4.78 is 0. The monoisotopic (exact) mass is 195 g/mol. The molecular formula is C10H17N3O. The molecule has 4 heteroatoms. The van der Waals surface area contributed by atoms with Crippen LogP contribution in [-0.2, 0) is 4.79 Å². The third kappa shape index (κ3) is 16.8. The zero-order valence-electron chi connectivity index (χ0n) is 9.08. The zero-order valence-corrected chi connectivity index (χ0v) is 9.08.